The van der Waals surface area contributed by atoms with Crippen molar-refractivity contribution in [3.05, 3.63) is 35.6 Å². The molecular formula is C11H16FN. The first-order valence-corrected chi connectivity index (χ1v) is 4.58. The van der Waals surface area contributed by atoms with Crippen LogP contribution < -0.4 is 5.32 Å². The fourth-order valence-corrected chi connectivity index (χ4v) is 1.36. The minimum Gasteiger partial charge on any atom is -0.317 e. The molecule has 2 heteroatoms. The summed E-state index contributed by atoms with van der Waals surface area (Å²) in [4.78, 5) is 0. The van der Waals surface area contributed by atoms with Gasteiger partial charge in [-0.2, -0.15) is 0 Å². The molecule has 0 aliphatic heterocycles. The summed E-state index contributed by atoms with van der Waals surface area (Å²) in [6.07, 6.45) is 0. The fraction of sp³-hybridized carbons (Fsp3) is 0.455. The van der Waals surface area contributed by atoms with E-state index in [2.05, 4.69) is 12.2 Å². The molecule has 0 fully saturated rings. The molecule has 0 aliphatic carbocycles. The molecule has 0 heterocycles. The van der Waals surface area contributed by atoms with Crippen molar-refractivity contribution in [2.75, 3.05) is 7.05 Å². The van der Waals surface area contributed by atoms with Crippen molar-refractivity contribution in [3.8, 4) is 0 Å². The molecule has 0 bridgehead atoms. The molecule has 13 heavy (non-hydrogen) atoms. The summed E-state index contributed by atoms with van der Waals surface area (Å²) in [5.74, 6) is 0.0864. The topological polar surface area (TPSA) is 12.0 Å². The Morgan fingerprint density at radius 2 is 1.85 bits per heavy atom. The van der Waals surface area contributed by atoms with E-state index in [1.807, 2.05) is 26.1 Å². The summed E-state index contributed by atoms with van der Waals surface area (Å²) in [7, 11) is 1.89. The molecule has 0 aliphatic rings. The number of rotatable bonds is 3. The summed E-state index contributed by atoms with van der Waals surface area (Å²) >= 11 is 0. The highest BCUT2D eigenvalue weighted by Gasteiger charge is 2.15. The van der Waals surface area contributed by atoms with E-state index >= 15 is 0 Å². The third-order valence-electron chi connectivity index (χ3n) is 2.60. The Kier molecular flexibility index (Phi) is 3.43. The molecule has 1 aromatic rings. The van der Waals surface area contributed by atoms with E-state index in [1.165, 1.54) is 6.07 Å². The minimum atomic E-state index is -0.114. The maximum Gasteiger partial charge on any atom is 0.126 e. The van der Waals surface area contributed by atoms with Crippen molar-refractivity contribution >= 4 is 0 Å². The molecule has 1 N–H and O–H groups in total. The third kappa shape index (κ3) is 2.28. The predicted octanol–water partition coefficient (Wildman–Crippen LogP) is 2.54. The molecule has 72 valence electrons. The molecule has 2 atom stereocenters. The molecule has 0 amide bonds. The van der Waals surface area contributed by atoms with Gasteiger partial charge in [-0.25, -0.2) is 4.39 Å². The second-order valence-corrected chi connectivity index (χ2v) is 3.39. The van der Waals surface area contributed by atoms with Crippen LogP contribution in [0.4, 0.5) is 4.39 Å². The van der Waals surface area contributed by atoms with Crippen LogP contribution in [0, 0.1) is 5.82 Å². The Morgan fingerprint density at radius 1 is 1.23 bits per heavy atom. The zero-order valence-electron chi connectivity index (χ0n) is 8.34. The van der Waals surface area contributed by atoms with E-state index in [9.17, 15) is 4.39 Å². The SMILES string of the molecule is CNC(C)C(C)c1ccccc1F. The number of hydrogen-bond donors (Lipinski definition) is 1. The lowest BCUT2D eigenvalue weighted by atomic mass is 9.94. The van der Waals surface area contributed by atoms with Crippen LogP contribution in [0.3, 0.4) is 0 Å². The van der Waals surface area contributed by atoms with Crippen molar-refractivity contribution in [2.45, 2.75) is 25.8 Å². The van der Waals surface area contributed by atoms with Crippen LogP contribution in [0.1, 0.15) is 25.3 Å². The second-order valence-electron chi connectivity index (χ2n) is 3.39. The first-order chi connectivity index (χ1) is 6.16. The average Bonchev–Trinajstić information content (AvgIpc) is 2.16. The summed E-state index contributed by atoms with van der Waals surface area (Å²) in [6, 6.07) is 7.23. The van der Waals surface area contributed by atoms with Crippen molar-refractivity contribution in [3.63, 3.8) is 0 Å². The van der Waals surface area contributed by atoms with Crippen molar-refractivity contribution in [1.82, 2.24) is 5.32 Å². The molecule has 0 saturated heterocycles. The maximum atomic E-state index is 13.3. The second kappa shape index (κ2) is 4.38. The number of hydrogen-bond acceptors (Lipinski definition) is 1. The van der Waals surface area contributed by atoms with Crippen LogP contribution in [-0.2, 0) is 0 Å². The summed E-state index contributed by atoms with van der Waals surface area (Å²) in [5, 5.41) is 3.12. The summed E-state index contributed by atoms with van der Waals surface area (Å²) in [6.45, 7) is 4.08. The Balaban J connectivity index is 2.88. The Labute approximate surface area is 79.0 Å². The van der Waals surface area contributed by atoms with Crippen molar-refractivity contribution < 1.29 is 4.39 Å². The lowest BCUT2D eigenvalue weighted by Crippen LogP contribution is -2.27. The van der Waals surface area contributed by atoms with Crippen LogP contribution in [0.25, 0.3) is 0 Å². The Morgan fingerprint density at radius 3 is 2.38 bits per heavy atom. The molecule has 2 unspecified atom stereocenters. The van der Waals surface area contributed by atoms with Gasteiger partial charge in [0.1, 0.15) is 5.82 Å². The number of likely N-dealkylation sites (N-methyl/N-ethyl adjacent to an activating group) is 1. The normalized spacial score (nSPS) is 15.4. The van der Waals surface area contributed by atoms with Crippen molar-refractivity contribution in [2.24, 2.45) is 0 Å². The van der Waals surface area contributed by atoms with Crippen molar-refractivity contribution in [1.29, 1.82) is 0 Å². The molecule has 0 aromatic heterocycles. The van der Waals surface area contributed by atoms with Crippen LogP contribution >= 0.6 is 0 Å². The lowest BCUT2D eigenvalue weighted by molar-refractivity contribution is 0.498. The number of halogens is 1. The fourth-order valence-electron chi connectivity index (χ4n) is 1.36. The standard InChI is InChI=1S/C11H16FN/c1-8(9(2)13-3)10-6-4-5-7-11(10)12/h4-9,13H,1-3H3. The van der Waals surface area contributed by atoms with E-state index in [0.717, 1.165) is 5.56 Å². The zero-order valence-corrected chi connectivity index (χ0v) is 8.34. The van der Waals surface area contributed by atoms with Crippen LogP contribution in [0.5, 0.6) is 0 Å². The molecule has 1 nitrogen and oxygen atoms in total. The number of benzene rings is 1. The van der Waals surface area contributed by atoms with Gasteiger partial charge in [-0.1, -0.05) is 25.1 Å². The monoisotopic (exact) mass is 181 g/mol. The highest BCUT2D eigenvalue weighted by Crippen LogP contribution is 2.21. The molecule has 0 radical (unpaired) electrons. The van der Waals surface area contributed by atoms with E-state index in [-0.39, 0.29) is 17.8 Å². The third-order valence-corrected chi connectivity index (χ3v) is 2.60. The Hall–Kier alpha value is -0.890. The quantitative estimate of drug-likeness (QED) is 0.755. The highest BCUT2D eigenvalue weighted by molar-refractivity contribution is 5.22. The van der Waals surface area contributed by atoms with Gasteiger partial charge < -0.3 is 5.32 Å². The number of nitrogens with one attached hydrogen (secondary N) is 1. The van der Waals surface area contributed by atoms with Gasteiger partial charge in [-0.05, 0) is 31.5 Å². The van der Waals surface area contributed by atoms with Gasteiger partial charge in [0.05, 0.1) is 0 Å². The zero-order chi connectivity index (χ0) is 9.84. The van der Waals surface area contributed by atoms with Crippen LogP contribution in [0.15, 0.2) is 24.3 Å². The van der Waals surface area contributed by atoms with Gasteiger partial charge in [-0.15, -0.1) is 0 Å². The highest BCUT2D eigenvalue weighted by atomic mass is 19.1. The smallest absolute Gasteiger partial charge is 0.126 e. The van der Waals surface area contributed by atoms with Gasteiger partial charge in [0.2, 0.25) is 0 Å². The summed E-state index contributed by atoms with van der Waals surface area (Å²) in [5.41, 5.74) is 0.782. The largest absolute Gasteiger partial charge is 0.317 e. The predicted molar refractivity (Wildman–Crippen MR) is 53.3 cm³/mol. The van der Waals surface area contributed by atoms with E-state index < -0.39 is 0 Å². The van der Waals surface area contributed by atoms with Crippen LogP contribution in [-0.4, -0.2) is 13.1 Å². The van der Waals surface area contributed by atoms with E-state index in [0.29, 0.717) is 0 Å². The average molecular weight is 181 g/mol. The maximum absolute atomic E-state index is 13.3. The molecular weight excluding hydrogens is 165 g/mol. The first-order valence-electron chi connectivity index (χ1n) is 4.58. The van der Waals surface area contributed by atoms with Crippen LogP contribution in [0.2, 0.25) is 0 Å². The first kappa shape index (κ1) is 10.2. The molecule has 1 rings (SSSR count). The molecule has 1 aromatic carbocycles. The van der Waals surface area contributed by atoms with Gasteiger partial charge in [0.15, 0.2) is 0 Å². The molecule has 0 saturated carbocycles. The van der Waals surface area contributed by atoms with Gasteiger partial charge in [-0.3, -0.25) is 0 Å². The van der Waals surface area contributed by atoms with E-state index in [4.69, 9.17) is 0 Å². The Bertz CT molecular complexity index is 273. The van der Waals surface area contributed by atoms with Gasteiger partial charge in [0, 0.05) is 6.04 Å². The lowest BCUT2D eigenvalue weighted by Gasteiger charge is -2.19. The molecule has 0 spiro atoms. The van der Waals surface area contributed by atoms with Gasteiger partial charge in [0.25, 0.3) is 0 Å². The minimum absolute atomic E-state index is 0.114. The van der Waals surface area contributed by atoms with E-state index in [1.54, 1.807) is 6.07 Å². The van der Waals surface area contributed by atoms with Gasteiger partial charge >= 0.3 is 0 Å². The summed E-state index contributed by atoms with van der Waals surface area (Å²) < 4.78 is 13.3.